The number of benzene rings is 3. The van der Waals surface area contributed by atoms with Gasteiger partial charge in [0.25, 0.3) is 0 Å². The second-order valence-corrected chi connectivity index (χ2v) is 8.20. The van der Waals surface area contributed by atoms with Crippen LogP contribution in [0.25, 0.3) is 43.5 Å². The normalized spacial score (nSPS) is 11.4. The number of nitrogens with zero attached hydrogens (tertiary/aromatic N) is 3. The summed E-state index contributed by atoms with van der Waals surface area (Å²) in [5.41, 5.74) is 5.33. The lowest BCUT2D eigenvalue weighted by molar-refractivity contribution is 0.0697. The van der Waals surface area contributed by atoms with Crippen LogP contribution in [-0.2, 0) is 0 Å². The lowest BCUT2D eigenvalue weighted by Gasteiger charge is -2.16. The number of carboxylic acid groups (broad SMARTS) is 1. The minimum Gasteiger partial charge on any atom is -0.478 e. The van der Waals surface area contributed by atoms with Crippen LogP contribution in [0.2, 0.25) is 0 Å². The summed E-state index contributed by atoms with van der Waals surface area (Å²) in [6.07, 6.45) is 1.75. The number of carboxylic acids is 1. The zero-order valence-corrected chi connectivity index (χ0v) is 17.9. The third kappa shape index (κ3) is 3.24. The van der Waals surface area contributed by atoms with E-state index in [0.717, 1.165) is 38.8 Å². The minimum absolute atomic E-state index is 0.0478. The molecule has 0 fully saturated rings. The predicted octanol–water partition coefficient (Wildman–Crippen LogP) is 6.69. The number of halogens is 1. The summed E-state index contributed by atoms with van der Waals surface area (Å²) in [7, 11) is 0. The average molecular weight is 438 g/mol. The number of aromatic nitrogens is 3. The molecule has 0 aliphatic rings. The van der Waals surface area contributed by atoms with Crippen molar-refractivity contribution in [1.29, 1.82) is 0 Å². The highest BCUT2D eigenvalue weighted by molar-refractivity contribution is 6.08. The van der Waals surface area contributed by atoms with E-state index in [1.807, 2.05) is 12.1 Å². The smallest absolute Gasteiger partial charge is 0.334 e. The molecule has 0 unspecified atom stereocenters. The largest absolute Gasteiger partial charge is 0.478 e. The summed E-state index contributed by atoms with van der Waals surface area (Å²) < 4.78 is 15.8. The minimum atomic E-state index is -1.08. The monoisotopic (exact) mass is 438 g/mol. The van der Waals surface area contributed by atoms with Gasteiger partial charge in [0.2, 0.25) is 0 Å². The number of aromatic amines is 1. The summed E-state index contributed by atoms with van der Waals surface area (Å²) in [6, 6.07) is 15.0. The first-order chi connectivity index (χ1) is 15.9. The van der Waals surface area contributed by atoms with Crippen molar-refractivity contribution in [2.24, 2.45) is 0 Å². The second-order valence-electron chi connectivity index (χ2n) is 8.20. The van der Waals surface area contributed by atoms with Crippen LogP contribution >= 0.6 is 0 Å². The Bertz CT molecular complexity index is 1590. The van der Waals surface area contributed by atoms with Gasteiger partial charge in [0.15, 0.2) is 5.69 Å². The van der Waals surface area contributed by atoms with Gasteiger partial charge in [-0.2, -0.15) is 5.10 Å². The number of H-pyrrole nitrogens is 1. The number of hydrogen-bond donors (Lipinski definition) is 2. The molecule has 3 aromatic carbocycles. The van der Waals surface area contributed by atoms with Gasteiger partial charge < -0.3 is 9.67 Å². The molecule has 0 aliphatic heterocycles. The van der Waals surface area contributed by atoms with E-state index in [1.54, 1.807) is 24.4 Å². The highest BCUT2D eigenvalue weighted by atomic mass is 19.1. The van der Waals surface area contributed by atoms with E-state index < -0.39 is 5.97 Å². The number of carbonyl (C=O) groups is 1. The van der Waals surface area contributed by atoms with Crippen molar-refractivity contribution in [3.63, 3.8) is 0 Å². The molecule has 162 valence electrons. The molecule has 0 bridgehead atoms. The van der Waals surface area contributed by atoms with Gasteiger partial charge in [-0.3, -0.25) is 5.10 Å². The van der Waals surface area contributed by atoms with Crippen molar-refractivity contribution in [3.8, 4) is 16.8 Å². The molecule has 0 atom stereocenters. The van der Waals surface area contributed by atoms with Gasteiger partial charge in [-0.05, 0) is 60.0 Å². The third-order valence-corrected chi connectivity index (χ3v) is 5.83. The first kappa shape index (κ1) is 20.5. The van der Waals surface area contributed by atoms with Crippen LogP contribution in [-0.4, -0.2) is 25.8 Å². The van der Waals surface area contributed by atoms with E-state index >= 15 is 0 Å². The maximum absolute atomic E-state index is 13.7. The highest BCUT2D eigenvalue weighted by Crippen LogP contribution is 2.45. The average Bonchev–Trinajstić information content (AvgIpc) is 3.39. The fraction of sp³-hybridized carbons (Fsp3) is 0.115. The lowest BCUT2D eigenvalue weighted by Crippen LogP contribution is -2.03. The summed E-state index contributed by atoms with van der Waals surface area (Å²) >= 11 is 0. The number of nitrogens with one attached hydrogen (secondary N) is 1. The first-order valence-corrected chi connectivity index (χ1v) is 10.4. The van der Waals surface area contributed by atoms with Gasteiger partial charge in [-0.1, -0.05) is 19.9 Å². The lowest BCUT2D eigenvalue weighted by atomic mass is 9.94. The summed E-state index contributed by atoms with van der Waals surface area (Å²) in [5.74, 6) is -1.35. The molecule has 0 saturated carbocycles. The third-order valence-electron chi connectivity index (χ3n) is 5.83. The highest BCUT2D eigenvalue weighted by Gasteiger charge is 2.25. The quantitative estimate of drug-likeness (QED) is 0.307. The number of hydrogen-bond acceptors (Lipinski definition) is 2. The van der Waals surface area contributed by atoms with Crippen LogP contribution in [0.3, 0.4) is 0 Å². The topological polar surface area (TPSA) is 75.3 Å². The van der Waals surface area contributed by atoms with Gasteiger partial charge in [-0.15, -0.1) is 0 Å². The predicted molar refractivity (Wildman–Crippen MR) is 126 cm³/mol. The van der Waals surface area contributed by atoms with Crippen molar-refractivity contribution >= 4 is 33.5 Å². The van der Waals surface area contributed by atoms with E-state index in [-0.39, 0.29) is 23.0 Å². The van der Waals surface area contributed by atoms with Crippen molar-refractivity contribution < 1.29 is 14.3 Å². The van der Waals surface area contributed by atoms with Gasteiger partial charge in [0.05, 0.1) is 23.8 Å². The van der Waals surface area contributed by atoms with Crippen molar-refractivity contribution in [1.82, 2.24) is 14.8 Å². The molecular formula is C26H19FN4O2. The van der Waals surface area contributed by atoms with Crippen LogP contribution in [0.4, 0.5) is 10.1 Å². The van der Waals surface area contributed by atoms with Crippen molar-refractivity contribution in [2.45, 2.75) is 19.8 Å². The summed E-state index contributed by atoms with van der Waals surface area (Å²) in [6.45, 7) is 11.9. The first-order valence-electron chi connectivity index (χ1n) is 10.4. The van der Waals surface area contributed by atoms with E-state index in [2.05, 4.69) is 33.5 Å². The fourth-order valence-corrected chi connectivity index (χ4v) is 4.41. The Morgan fingerprint density at radius 2 is 1.91 bits per heavy atom. The van der Waals surface area contributed by atoms with Crippen LogP contribution in [0.15, 0.2) is 60.8 Å². The zero-order valence-electron chi connectivity index (χ0n) is 17.9. The van der Waals surface area contributed by atoms with Crippen LogP contribution in [0.5, 0.6) is 0 Å². The maximum Gasteiger partial charge on any atom is 0.334 e. The molecule has 2 aromatic heterocycles. The Balaban J connectivity index is 1.95. The molecular weight excluding hydrogens is 419 g/mol. The molecule has 5 aromatic rings. The Morgan fingerprint density at radius 3 is 2.58 bits per heavy atom. The van der Waals surface area contributed by atoms with E-state index in [1.165, 1.54) is 24.3 Å². The Kier molecular flexibility index (Phi) is 4.72. The molecule has 0 amide bonds. The fourth-order valence-electron chi connectivity index (χ4n) is 4.41. The molecule has 2 N–H and O–H groups in total. The standard InChI is InChI=1S/C26H19FN4O2/c1-14(2)25-24(19-9-4-15(26(32)33)10-22(19)28-3)20-12-21-16(13-29-30-21)11-23(20)31(25)18-7-5-17(27)6-8-18/h4-14H,1-2H3,(H,29,30)(H,32,33). The molecule has 7 heteroatoms. The Hall–Kier alpha value is -4.44. The van der Waals surface area contributed by atoms with Gasteiger partial charge >= 0.3 is 5.97 Å². The van der Waals surface area contributed by atoms with Crippen LogP contribution in [0, 0.1) is 12.4 Å². The zero-order chi connectivity index (χ0) is 23.3. The van der Waals surface area contributed by atoms with E-state index in [0.29, 0.717) is 5.56 Å². The van der Waals surface area contributed by atoms with Gasteiger partial charge in [-0.25, -0.2) is 14.0 Å². The Labute approximate surface area is 188 Å². The van der Waals surface area contributed by atoms with Crippen LogP contribution in [0.1, 0.15) is 35.8 Å². The van der Waals surface area contributed by atoms with Crippen LogP contribution < -0.4 is 0 Å². The van der Waals surface area contributed by atoms with Gasteiger partial charge in [0.1, 0.15) is 5.82 Å². The second kappa shape index (κ2) is 7.61. The number of rotatable bonds is 4. The van der Waals surface area contributed by atoms with Crippen molar-refractivity contribution in [3.05, 3.63) is 89.3 Å². The molecule has 33 heavy (non-hydrogen) atoms. The maximum atomic E-state index is 13.7. The molecule has 0 saturated heterocycles. The molecule has 2 heterocycles. The number of fused-ring (bicyclic) bond motifs is 2. The SMILES string of the molecule is [C-]#[N+]c1cc(C(=O)O)ccc1-c1c(C(C)C)n(-c2ccc(F)cc2)c2cc3cn[nH]c3cc12. The number of aromatic carboxylic acids is 1. The van der Waals surface area contributed by atoms with E-state index in [4.69, 9.17) is 6.57 Å². The van der Waals surface area contributed by atoms with Crippen molar-refractivity contribution in [2.75, 3.05) is 0 Å². The molecule has 5 rings (SSSR count). The van der Waals surface area contributed by atoms with Gasteiger partial charge in [0, 0.05) is 33.3 Å². The molecule has 0 aliphatic carbocycles. The van der Waals surface area contributed by atoms with E-state index in [9.17, 15) is 14.3 Å². The summed E-state index contributed by atoms with van der Waals surface area (Å²) in [5, 5.41) is 18.4. The molecule has 0 spiro atoms. The summed E-state index contributed by atoms with van der Waals surface area (Å²) in [4.78, 5) is 15.1. The Morgan fingerprint density at radius 1 is 1.15 bits per heavy atom. The molecule has 6 nitrogen and oxygen atoms in total. The molecule has 0 radical (unpaired) electrons.